The molecule has 0 aliphatic heterocycles. The second-order valence-corrected chi connectivity index (χ2v) is 8.34. The fraction of sp³-hybridized carbons (Fsp3) is 0.188. The van der Waals surface area contributed by atoms with Crippen LogP contribution in [0.5, 0.6) is 0 Å². The van der Waals surface area contributed by atoms with Crippen LogP contribution in [0.3, 0.4) is 0 Å². The molecule has 120 valence electrons. The molecule has 2 aromatic heterocycles. The number of rotatable bonds is 6. The highest BCUT2D eigenvalue weighted by atomic mass is 35.5. The number of hydrogen-bond acceptors (Lipinski definition) is 4. The number of benzene rings is 1. The van der Waals surface area contributed by atoms with Crippen molar-refractivity contribution in [3.05, 3.63) is 56.3 Å². The van der Waals surface area contributed by atoms with Gasteiger partial charge in [0.1, 0.15) is 10.7 Å². The maximum Gasteiger partial charge on any atom is 0.262 e. The summed E-state index contributed by atoms with van der Waals surface area (Å²) >= 11 is 11.0. The van der Waals surface area contributed by atoms with Gasteiger partial charge < -0.3 is 5.32 Å². The quantitative estimate of drug-likeness (QED) is 0.574. The van der Waals surface area contributed by atoms with Gasteiger partial charge in [0, 0.05) is 33.0 Å². The van der Waals surface area contributed by atoms with Crippen LogP contribution in [0, 0.1) is 5.82 Å². The summed E-state index contributed by atoms with van der Waals surface area (Å²) in [5, 5.41) is 6.05. The minimum Gasteiger partial charge on any atom is -0.350 e. The minimum atomic E-state index is -0.327. The summed E-state index contributed by atoms with van der Waals surface area (Å²) in [5.74, 6) is 1.26. The molecular weight excluding hydrogens is 373 g/mol. The molecule has 0 unspecified atom stereocenters. The Morgan fingerprint density at radius 2 is 2.22 bits per heavy atom. The lowest BCUT2D eigenvalue weighted by atomic mass is 10.2. The molecule has 0 radical (unpaired) electrons. The lowest BCUT2D eigenvalue weighted by molar-refractivity contribution is 0.0960. The standard InChI is InChI=1S/C16H13ClFNOS3/c17-14-12-4-3-10(18)8-13(12)23-15(14)16(20)19-5-7-21-9-11-2-1-6-22-11/h1-4,6,8H,5,7,9H2,(H,19,20). The number of carbonyl (C=O) groups is 1. The van der Waals surface area contributed by atoms with E-state index < -0.39 is 0 Å². The first-order valence-corrected chi connectivity index (χ1v) is 10.1. The van der Waals surface area contributed by atoms with E-state index in [2.05, 4.69) is 16.8 Å². The minimum absolute atomic E-state index is 0.201. The molecule has 0 fully saturated rings. The Morgan fingerprint density at radius 3 is 3.00 bits per heavy atom. The van der Waals surface area contributed by atoms with Crippen molar-refractivity contribution >= 4 is 62.0 Å². The summed E-state index contributed by atoms with van der Waals surface area (Å²) in [7, 11) is 0. The number of thioether (sulfide) groups is 1. The van der Waals surface area contributed by atoms with E-state index in [1.165, 1.54) is 28.3 Å². The molecule has 2 heterocycles. The number of hydrogen-bond donors (Lipinski definition) is 1. The van der Waals surface area contributed by atoms with Crippen molar-refractivity contribution in [3.8, 4) is 0 Å². The number of carbonyl (C=O) groups excluding carboxylic acids is 1. The van der Waals surface area contributed by atoms with Gasteiger partial charge in [0.2, 0.25) is 0 Å². The molecule has 0 aliphatic rings. The summed E-state index contributed by atoms with van der Waals surface area (Å²) in [6.07, 6.45) is 0. The van der Waals surface area contributed by atoms with Gasteiger partial charge in [-0.2, -0.15) is 11.8 Å². The summed E-state index contributed by atoms with van der Waals surface area (Å²) in [4.78, 5) is 14.0. The van der Waals surface area contributed by atoms with Crippen LogP contribution in [0.25, 0.3) is 10.1 Å². The average Bonchev–Trinajstić information content (AvgIpc) is 3.15. The molecule has 3 rings (SSSR count). The first-order chi connectivity index (χ1) is 11.1. The molecule has 7 heteroatoms. The fourth-order valence-corrected chi connectivity index (χ4v) is 5.23. The predicted molar refractivity (Wildman–Crippen MR) is 99.6 cm³/mol. The Bertz CT molecular complexity index is 816. The number of fused-ring (bicyclic) bond motifs is 1. The van der Waals surface area contributed by atoms with Crippen molar-refractivity contribution in [2.45, 2.75) is 5.75 Å². The second kappa shape index (κ2) is 7.66. The SMILES string of the molecule is O=C(NCCSCc1cccs1)c1sc2cc(F)ccc2c1Cl. The van der Waals surface area contributed by atoms with Crippen LogP contribution in [0.15, 0.2) is 35.7 Å². The Kier molecular flexibility index (Phi) is 5.58. The summed E-state index contributed by atoms with van der Waals surface area (Å²) in [6, 6.07) is 8.50. The fourth-order valence-electron chi connectivity index (χ4n) is 2.07. The van der Waals surface area contributed by atoms with Crippen LogP contribution in [-0.2, 0) is 5.75 Å². The first kappa shape index (κ1) is 16.8. The Labute approximate surface area is 150 Å². The van der Waals surface area contributed by atoms with E-state index in [1.54, 1.807) is 29.2 Å². The van der Waals surface area contributed by atoms with Gasteiger partial charge >= 0.3 is 0 Å². The molecule has 0 saturated carbocycles. The molecule has 0 saturated heterocycles. The van der Waals surface area contributed by atoms with Gasteiger partial charge in [-0.25, -0.2) is 4.39 Å². The van der Waals surface area contributed by atoms with E-state index in [0.717, 1.165) is 16.9 Å². The molecule has 3 aromatic rings. The smallest absolute Gasteiger partial charge is 0.262 e. The molecule has 0 bridgehead atoms. The third kappa shape index (κ3) is 4.07. The molecule has 2 nitrogen and oxygen atoms in total. The lowest BCUT2D eigenvalue weighted by Gasteiger charge is -2.03. The highest BCUT2D eigenvalue weighted by Gasteiger charge is 2.17. The van der Waals surface area contributed by atoms with Crippen LogP contribution < -0.4 is 5.32 Å². The topological polar surface area (TPSA) is 29.1 Å². The van der Waals surface area contributed by atoms with Gasteiger partial charge in [-0.1, -0.05) is 17.7 Å². The third-order valence-electron chi connectivity index (χ3n) is 3.15. The van der Waals surface area contributed by atoms with Crippen molar-refractivity contribution < 1.29 is 9.18 Å². The van der Waals surface area contributed by atoms with Gasteiger partial charge in [0.15, 0.2) is 0 Å². The molecule has 23 heavy (non-hydrogen) atoms. The maximum atomic E-state index is 13.2. The van der Waals surface area contributed by atoms with Crippen LogP contribution in [0.1, 0.15) is 14.5 Å². The number of amides is 1. The van der Waals surface area contributed by atoms with Crippen molar-refractivity contribution in [1.82, 2.24) is 5.32 Å². The second-order valence-electron chi connectivity index (χ2n) is 4.77. The zero-order chi connectivity index (χ0) is 16.2. The van der Waals surface area contributed by atoms with Gasteiger partial charge in [-0.05, 0) is 29.6 Å². The van der Waals surface area contributed by atoms with Gasteiger partial charge in [-0.3, -0.25) is 4.79 Å². The van der Waals surface area contributed by atoms with Gasteiger partial charge in [0.05, 0.1) is 5.02 Å². The third-order valence-corrected chi connectivity index (χ3v) is 6.88. The van der Waals surface area contributed by atoms with E-state index in [9.17, 15) is 9.18 Å². The van der Waals surface area contributed by atoms with Crippen LogP contribution >= 0.6 is 46.0 Å². The van der Waals surface area contributed by atoms with E-state index in [4.69, 9.17) is 11.6 Å². The number of halogens is 2. The van der Waals surface area contributed by atoms with Crippen molar-refractivity contribution in [2.75, 3.05) is 12.3 Å². The highest BCUT2D eigenvalue weighted by Crippen LogP contribution is 2.35. The Balaban J connectivity index is 1.55. The van der Waals surface area contributed by atoms with Gasteiger partial charge in [-0.15, -0.1) is 22.7 Å². The van der Waals surface area contributed by atoms with Crippen molar-refractivity contribution in [3.63, 3.8) is 0 Å². The van der Waals surface area contributed by atoms with Crippen LogP contribution in [0.2, 0.25) is 5.02 Å². The van der Waals surface area contributed by atoms with E-state index in [0.29, 0.717) is 21.1 Å². The largest absolute Gasteiger partial charge is 0.350 e. The van der Waals surface area contributed by atoms with E-state index in [1.807, 2.05) is 6.07 Å². The molecule has 0 spiro atoms. The van der Waals surface area contributed by atoms with Gasteiger partial charge in [0.25, 0.3) is 5.91 Å². The van der Waals surface area contributed by atoms with Crippen LogP contribution in [0.4, 0.5) is 4.39 Å². The number of nitrogens with one attached hydrogen (secondary N) is 1. The molecule has 1 aromatic carbocycles. The maximum absolute atomic E-state index is 13.2. The number of thiophene rings is 2. The van der Waals surface area contributed by atoms with Crippen molar-refractivity contribution in [2.24, 2.45) is 0 Å². The summed E-state index contributed by atoms with van der Waals surface area (Å²) < 4.78 is 13.9. The van der Waals surface area contributed by atoms with E-state index >= 15 is 0 Å². The van der Waals surface area contributed by atoms with E-state index in [-0.39, 0.29) is 11.7 Å². The molecule has 1 N–H and O–H groups in total. The Hall–Kier alpha value is -1.08. The molecule has 1 amide bonds. The summed E-state index contributed by atoms with van der Waals surface area (Å²) in [5.41, 5.74) is 0. The average molecular weight is 386 g/mol. The lowest BCUT2D eigenvalue weighted by Crippen LogP contribution is -2.25. The zero-order valence-electron chi connectivity index (χ0n) is 12.0. The molecular formula is C16H13ClFNOS3. The predicted octanol–water partition coefficient (Wildman–Crippen LogP) is 5.42. The molecule has 0 atom stereocenters. The Morgan fingerprint density at radius 1 is 1.35 bits per heavy atom. The van der Waals surface area contributed by atoms with Crippen LogP contribution in [-0.4, -0.2) is 18.2 Å². The monoisotopic (exact) mass is 385 g/mol. The zero-order valence-corrected chi connectivity index (χ0v) is 15.2. The van der Waals surface area contributed by atoms with Crippen molar-refractivity contribution in [1.29, 1.82) is 0 Å². The summed E-state index contributed by atoms with van der Waals surface area (Å²) in [6.45, 7) is 0.577. The normalized spacial score (nSPS) is 11.0. The highest BCUT2D eigenvalue weighted by molar-refractivity contribution is 7.98. The molecule has 0 aliphatic carbocycles. The first-order valence-electron chi connectivity index (χ1n) is 6.91.